The van der Waals surface area contributed by atoms with Crippen LogP contribution in [0.4, 0.5) is 13.2 Å². The van der Waals surface area contributed by atoms with E-state index >= 15 is 0 Å². The Balaban J connectivity index is 2.26. The summed E-state index contributed by atoms with van der Waals surface area (Å²) in [5, 5.41) is 9.34. The van der Waals surface area contributed by atoms with Crippen molar-refractivity contribution in [3.8, 4) is 0 Å². The molecule has 0 aliphatic heterocycles. The van der Waals surface area contributed by atoms with Crippen LogP contribution in [0.3, 0.4) is 0 Å². The largest absolute Gasteiger partial charge is 0.420 e. The van der Waals surface area contributed by atoms with E-state index in [0.29, 0.717) is 18.6 Å². The van der Waals surface area contributed by atoms with Gasteiger partial charge in [0.25, 0.3) is 0 Å². The fourth-order valence-corrected chi connectivity index (χ4v) is 3.13. The maximum Gasteiger partial charge on any atom is 0.420 e. The Morgan fingerprint density at radius 2 is 1.42 bits per heavy atom. The minimum Gasteiger partial charge on any atom is -0.377 e. The van der Waals surface area contributed by atoms with E-state index in [4.69, 9.17) is 0 Å². The molecule has 7 heteroatoms. The summed E-state index contributed by atoms with van der Waals surface area (Å²) in [5.41, 5.74) is -2.62. The maximum absolute atomic E-state index is 12.6. The number of hydrogen-bond acceptors (Lipinski definition) is 3. The smallest absolute Gasteiger partial charge is 0.377 e. The SMILES string of the molecule is CC(O)(/C=C/c1ccc(S(=O)(=O)c2ccccc2)cc1)C(F)(F)F. The second kappa shape index (κ2) is 6.41. The molecule has 0 saturated carbocycles. The molecule has 128 valence electrons. The van der Waals surface area contributed by atoms with E-state index in [1.807, 2.05) is 0 Å². The van der Waals surface area contributed by atoms with Crippen molar-refractivity contribution >= 4 is 15.9 Å². The number of halogens is 3. The quantitative estimate of drug-likeness (QED) is 0.905. The monoisotopic (exact) mass is 356 g/mol. The zero-order valence-electron chi connectivity index (χ0n) is 12.7. The van der Waals surface area contributed by atoms with Crippen molar-refractivity contribution in [2.45, 2.75) is 28.5 Å². The van der Waals surface area contributed by atoms with Crippen molar-refractivity contribution in [2.75, 3.05) is 0 Å². The van der Waals surface area contributed by atoms with Gasteiger partial charge in [-0.3, -0.25) is 0 Å². The van der Waals surface area contributed by atoms with Gasteiger partial charge in [-0.2, -0.15) is 13.2 Å². The molecule has 1 atom stereocenters. The van der Waals surface area contributed by atoms with Crippen LogP contribution in [0.2, 0.25) is 0 Å². The molecule has 3 nitrogen and oxygen atoms in total. The summed E-state index contributed by atoms with van der Waals surface area (Å²) in [4.78, 5) is 0.168. The molecular weight excluding hydrogens is 341 g/mol. The van der Waals surface area contributed by atoms with Gasteiger partial charge in [0.15, 0.2) is 5.60 Å². The molecule has 0 radical (unpaired) electrons. The zero-order chi connectivity index (χ0) is 18.0. The number of sulfone groups is 1. The van der Waals surface area contributed by atoms with E-state index in [0.717, 1.165) is 6.08 Å². The van der Waals surface area contributed by atoms with Crippen LogP contribution in [0.1, 0.15) is 12.5 Å². The third-order valence-corrected chi connectivity index (χ3v) is 5.20. The summed E-state index contributed by atoms with van der Waals surface area (Å²) in [5.74, 6) is 0. The highest BCUT2D eigenvalue weighted by Crippen LogP contribution is 2.31. The van der Waals surface area contributed by atoms with Gasteiger partial charge >= 0.3 is 6.18 Å². The lowest BCUT2D eigenvalue weighted by Gasteiger charge is -2.22. The molecule has 2 aromatic rings. The molecule has 24 heavy (non-hydrogen) atoms. The van der Waals surface area contributed by atoms with Gasteiger partial charge in [0, 0.05) is 0 Å². The third kappa shape index (κ3) is 3.85. The van der Waals surface area contributed by atoms with Crippen molar-refractivity contribution in [2.24, 2.45) is 0 Å². The lowest BCUT2D eigenvalue weighted by Crippen LogP contribution is -2.39. The zero-order valence-corrected chi connectivity index (χ0v) is 13.5. The van der Waals surface area contributed by atoms with Crippen molar-refractivity contribution in [1.82, 2.24) is 0 Å². The van der Waals surface area contributed by atoms with Gasteiger partial charge in [0.2, 0.25) is 9.84 Å². The fourth-order valence-electron chi connectivity index (χ4n) is 1.85. The number of alkyl halides is 3. The first kappa shape index (κ1) is 18.2. The summed E-state index contributed by atoms with van der Waals surface area (Å²) in [6, 6.07) is 13.2. The molecule has 0 saturated heterocycles. The summed E-state index contributed by atoms with van der Waals surface area (Å²) in [7, 11) is -3.68. The van der Waals surface area contributed by atoms with Crippen LogP contribution in [-0.2, 0) is 9.84 Å². The van der Waals surface area contributed by atoms with Gasteiger partial charge in [-0.15, -0.1) is 0 Å². The van der Waals surface area contributed by atoms with Crippen LogP contribution in [0.5, 0.6) is 0 Å². The molecule has 2 aromatic carbocycles. The predicted octanol–water partition coefficient (Wildman–Crippen LogP) is 3.85. The first-order valence-electron chi connectivity index (χ1n) is 6.92. The molecular formula is C17H15F3O3S. The lowest BCUT2D eigenvalue weighted by atomic mass is 10.0. The summed E-state index contributed by atoms with van der Waals surface area (Å²) >= 11 is 0. The summed E-state index contributed by atoms with van der Waals surface area (Å²) < 4.78 is 62.5. The highest BCUT2D eigenvalue weighted by molar-refractivity contribution is 7.91. The lowest BCUT2D eigenvalue weighted by molar-refractivity contribution is -0.232. The van der Waals surface area contributed by atoms with Crippen LogP contribution in [0.15, 0.2) is 70.5 Å². The van der Waals surface area contributed by atoms with Crippen LogP contribution in [0.25, 0.3) is 6.08 Å². The van der Waals surface area contributed by atoms with Crippen LogP contribution in [0, 0.1) is 0 Å². The maximum atomic E-state index is 12.6. The molecule has 1 N–H and O–H groups in total. The molecule has 0 spiro atoms. The molecule has 0 aromatic heterocycles. The molecule has 0 amide bonds. The van der Waals surface area contributed by atoms with Gasteiger partial charge in [-0.25, -0.2) is 8.42 Å². The van der Waals surface area contributed by atoms with Gasteiger partial charge in [-0.05, 0) is 42.8 Å². The summed E-state index contributed by atoms with van der Waals surface area (Å²) in [6.07, 6.45) is -3.08. The Bertz CT molecular complexity index is 822. The van der Waals surface area contributed by atoms with Gasteiger partial charge in [0.1, 0.15) is 0 Å². The van der Waals surface area contributed by atoms with E-state index in [1.165, 1.54) is 36.4 Å². The minimum atomic E-state index is -4.79. The van der Waals surface area contributed by atoms with Crippen molar-refractivity contribution < 1.29 is 26.7 Å². The third-order valence-electron chi connectivity index (χ3n) is 3.42. The first-order chi connectivity index (χ1) is 11.0. The van der Waals surface area contributed by atoms with Crippen LogP contribution in [-0.4, -0.2) is 25.3 Å². The average Bonchev–Trinajstić information content (AvgIpc) is 2.53. The van der Waals surface area contributed by atoms with Gasteiger partial charge in [0.05, 0.1) is 9.79 Å². The highest BCUT2D eigenvalue weighted by atomic mass is 32.2. The van der Waals surface area contributed by atoms with Crippen molar-refractivity contribution in [1.29, 1.82) is 0 Å². The van der Waals surface area contributed by atoms with E-state index in [-0.39, 0.29) is 9.79 Å². The number of benzene rings is 2. The second-order valence-electron chi connectivity index (χ2n) is 5.36. The van der Waals surface area contributed by atoms with Gasteiger partial charge in [-0.1, -0.05) is 36.4 Å². The Labute approximate surface area is 138 Å². The normalized spacial score (nSPS) is 15.4. The Kier molecular flexibility index (Phi) is 4.87. The Morgan fingerprint density at radius 1 is 0.917 bits per heavy atom. The standard InChI is InChI=1S/C17H15F3O3S/c1-16(21,17(18,19)20)12-11-13-7-9-15(10-8-13)24(22,23)14-5-3-2-4-6-14/h2-12,21H,1H3/b12-11+. The number of rotatable bonds is 4. The molecule has 0 aliphatic rings. The highest BCUT2D eigenvalue weighted by Gasteiger charge is 2.47. The van der Waals surface area contributed by atoms with Gasteiger partial charge < -0.3 is 5.11 Å². The molecule has 0 fully saturated rings. The number of hydrogen-bond donors (Lipinski definition) is 1. The molecule has 2 rings (SSSR count). The molecule has 0 bridgehead atoms. The number of aliphatic hydroxyl groups is 1. The summed E-state index contributed by atoms with van der Waals surface area (Å²) in [6.45, 7) is 0.637. The van der Waals surface area contributed by atoms with E-state index in [2.05, 4.69) is 0 Å². The predicted molar refractivity (Wildman–Crippen MR) is 84.0 cm³/mol. The van der Waals surface area contributed by atoms with E-state index < -0.39 is 21.6 Å². The van der Waals surface area contributed by atoms with E-state index in [9.17, 15) is 26.7 Å². The topological polar surface area (TPSA) is 54.4 Å². The molecule has 0 heterocycles. The Morgan fingerprint density at radius 3 is 1.92 bits per heavy atom. The first-order valence-corrected chi connectivity index (χ1v) is 8.41. The van der Waals surface area contributed by atoms with Crippen molar-refractivity contribution in [3.05, 3.63) is 66.2 Å². The fraction of sp³-hybridized carbons (Fsp3) is 0.176. The second-order valence-corrected chi connectivity index (χ2v) is 7.31. The van der Waals surface area contributed by atoms with Crippen LogP contribution < -0.4 is 0 Å². The van der Waals surface area contributed by atoms with E-state index in [1.54, 1.807) is 18.2 Å². The Hall–Kier alpha value is -2.12. The average molecular weight is 356 g/mol. The molecule has 0 aliphatic carbocycles. The van der Waals surface area contributed by atoms with Crippen LogP contribution >= 0.6 is 0 Å². The minimum absolute atomic E-state index is 0.0356. The molecule has 1 unspecified atom stereocenters. The van der Waals surface area contributed by atoms with Crippen molar-refractivity contribution in [3.63, 3.8) is 0 Å².